The molecule has 1 aromatic rings. The number of ketones is 1. The van der Waals surface area contributed by atoms with E-state index in [0.717, 1.165) is 17.9 Å². The van der Waals surface area contributed by atoms with Crippen molar-refractivity contribution in [2.24, 2.45) is 5.92 Å². The Morgan fingerprint density at radius 3 is 2.93 bits per heavy atom. The molecule has 0 heterocycles. The average molecular weight is 223 g/mol. The van der Waals surface area contributed by atoms with Crippen LogP contribution in [-0.4, -0.2) is 5.78 Å². The van der Waals surface area contributed by atoms with Crippen LogP contribution in [0.15, 0.2) is 24.3 Å². The first kappa shape index (κ1) is 10.7. The van der Waals surface area contributed by atoms with Crippen LogP contribution in [0.3, 0.4) is 0 Å². The molecule has 0 N–H and O–H groups in total. The van der Waals surface area contributed by atoms with Gasteiger partial charge >= 0.3 is 0 Å². The van der Waals surface area contributed by atoms with Gasteiger partial charge in [-0.3, -0.25) is 4.79 Å². The molecule has 0 spiro atoms. The van der Waals surface area contributed by atoms with E-state index >= 15 is 0 Å². The molecule has 0 aliphatic heterocycles. The van der Waals surface area contributed by atoms with Crippen LogP contribution in [0.1, 0.15) is 37.7 Å². The molecule has 1 fully saturated rings. The van der Waals surface area contributed by atoms with Crippen LogP contribution < -0.4 is 0 Å². The molecule has 2 heteroatoms. The van der Waals surface area contributed by atoms with E-state index in [1.54, 1.807) is 0 Å². The van der Waals surface area contributed by atoms with E-state index < -0.39 is 0 Å². The van der Waals surface area contributed by atoms with Gasteiger partial charge in [0.2, 0.25) is 0 Å². The van der Waals surface area contributed by atoms with Crippen molar-refractivity contribution in [3.05, 3.63) is 34.9 Å². The fourth-order valence-corrected chi connectivity index (χ4v) is 2.52. The molecular weight excluding hydrogens is 208 g/mol. The maximum atomic E-state index is 11.4. The smallest absolute Gasteiger partial charge is 0.133 e. The summed E-state index contributed by atoms with van der Waals surface area (Å²) in [6.07, 6.45) is 2.44. The second kappa shape index (κ2) is 4.36. The van der Waals surface area contributed by atoms with Crippen LogP contribution in [-0.2, 0) is 4.79 Å². The molecule has 1 saturated carbocycles. The Morgan fingerprint density at radius 2 is 2.20 bits per heavy atom. The molecule has 0 radical (unpaired) electrons. The Morgan fingerprint density at radius 1 is 1.40 bits per heavy atom. The predicted octanol–water partition coefficient (Wildman–Crippen LogP) is 3.81. The Hall–Kier alpha value is -0.820. The van der Waals surface area contributed by atoms with Crippen LogP contribution in [0.5, 0.6) is 0 Å². The highest BCUT2D eigenvalue weighted by Gasteiger charge is 2.27. The molecule has 0 amide bonds. The summed E-state index contributed by atoms with van der Waals surface area (Å²) in [6, 6.07) is 7.90. The lowest BCUT2D eigenvalue weighted by atomic mass is 9.76. The van der Waals surface area contributed by atoms with Gasteiger partial charge in [0.25, 0.3) is 0 Å². The topological polar surface area (TPSA) is 17.1 Å². The van der Waals surface area contributed by atoms with Crippen molar-refractivity contribution < 1.29 is 4.79 Å². The first-order chi connectivity index (χ1) is 7.16. The number of carbonyl (C=O) groups excluding carboxylic acids is 1. The van der Waals surface area contributed by atoms with E-state index in [4.69, 9.17) is 11.6 Å². The Balaban J connectivity index is 2.24. The largest absolute Gasteiger partial charge is 0.300 e. The molecule has 1 aliphatic carbocycles. The molecule has 2 rings (SSSR count). The summed E-state index contributed by atoms with van der Waals surface area (Å²) in [5, 5.41) is 0.762. The minimum atomic E-state index is 0.366. The number of hydrogen-bond donors (Lipinski definition) is 0. The van der Waals surface area contributed by atoms with E-state index in [0.29, 0.717) is 24.0 Å². The summed E-state index contributed by atoms with van der Waals surface area (Å²) in [6.45, 7) is 2.22. The number of rotatable bonds is 1. The number of Topliss-reactive ketones (excluding diaryl/α,β-unsaturated/α-hetero) is 1. The van der Waals surface area contributed by atoms with Gasteiger partial charge in [-0.2, -0.15) is 0 Å². The Labute approximate surface area is 95.4 Å². The van der Waals surface area contributed by atoms with E-state index in [9.17, 15) is 4.79 Å². The first-order valence-corrected chi connectivity index (χ1v) is 5.82. The second-order valence-electron chi connectivity index (χ2n) is 4.42. The Kier molecular flexibility index (Phi) is 3.11. The third-order valence-corrected chi connectivity index (χ3v) is 3.52. The molecule has 0 aromatic heterocycles. The molecule has 2 unspecified atom stereocenters. The van der Waals surface area contributed by atoms with E-state index in [1.807, 2.05) is 18.2 Å². The van der Waals surface area contributed by atoms with Crippen LogP contribution in [0.4, 0.5) is 0 Å². The molecule has 1 aliphatic rings. The molecule has 15 heavy (non-hydrogen) atoms. The quantitative estimate of drug-likeness (QED) is 0.706. The van der Waals surface area contributed by atoms with E-state index in [1.165, 1.54) is 5.56 Å². The third-order valence-electron chi connectivity index (χ3n) is 3.29. The van der Waals surface area contributed by atoms with Crippen molar-refractivity contribution in [2.45, 2.75) is 32.1 Å². The number of halogens is 1. The second-order valence-corrected chi connectivity index (χ2v) is 4.86. The fourth-order valence-electron chi connectivity index (χ4n) is 2.32. The number of benzene rings is 1. The zero-order valence-electron chi connectivity index (χ0n) is 8.87. The number of hydrogen-bond acceptors (Lipinski definition) is 1. The monoisotopic (exact) mass is 222 g/mol. The van der Waals surface area contributed by atoms with Crippen LogP contribution >= 0.6 is 11.6 Å². The maximum Gasteiger partial charge on any atom is 0.133 e. The SMILES string of the molecule is CC1CCC(=O)CC1c1cccc(Cl)c1. The third kappa shape index (κ3) is 2.40. The van der Waals surface area contributed by atoms with Crippen LogP contribution in [0, 0.1) is 5.92 Å². The molecule has 80 valence electrons. The summed E-state index contributed by atoms with van der Waals surface area (Å²) < 4.78 is 0. The van der Waals surface area contributed by atoms with Gasteiger partial charge in [0.05, 0.1) is 0 Å². The van der Waals surface area contributed by atoms with Crippen LogP contribution in [0.2, 0.25) is 5.02 Å². The minimum Gasteiger partial charge on any atom is -0.300 e. The predicted molar refractivity (Wildman–Crippen MR) is 62.2 cm³/mol. The van der Waals surface area contributed by atoms with Gasteiger partial charge in [0.1, 0.15) is 5.78 Å². The Bertz CT molecular complexity index is 373. The van der Waals surface area contributed by atoms with E-state index in [-0.39, 0.29) is 0 Å². The highest BCUT2D eigenvalue weighted by molar-refractivity contribution is 6.30. The molecule has 0 bridgehead atoms. The number of carbonyl (C=O) groups is 1. The summed E-state index contributed by atoms with van der Waals surface area (Å²) in [7, 11) is 0. The lowest BCUT2D eigenvalue weighted by Gasteiger charge is -2.28. The lowest BCUT2D eigenvalue weighted by molar-refractivity contribution is -0.121. The zero-order chi connectivity index (χ0) is 10.8. The van der Waals surface area contributed by atoms with Crippen molar-refractivity contribution in [3.63, 3.8) is 0 Å². The molecule has 2 atom stereocenters. The first-order valence-electron chi connectivity index (χ1n) is 5.44. The fraction of sp³-hybridized carbons (Fsp3) is 0.462. The minimum absolute atomic E-state index is 0.366. The summed E-state index contributed by atoms with van der Waals surface area (Å²) in [4.78, 5) is 11.4. The normalized spacial score (nSPS) is 26.7. The van der Waals surface area contributed by atoms with Crippen molar-refractivity contribution >= 4 is 17.4 Å². The highest BCUT2D eigenvalue weighted by Crippen LogP contribution is 2.36. The van der Waals surface area contributed by atoms with Crippen molar-refractivity contribution in [3.8, 4) is 0 Å². The van der Waals surface area contributed by atoms with Gasteiger partial charge in [-0.1, -0.05) is 30.7 Å². The van der Waals surface area contributed by atoms with Crippen molar-refractivity contribution in [1.29, 1.82) is 0 Å². The highest BCUT2D eigenvalue weighted by atomic mass is 35.5. The van der Waals surface area contributed by atoms with Crippen LogP contribution in [0.25, 0.3) is 0 Å². The van der Waals surface area contributed by atoms with Gasteiger partial charge in [-0.25, -0.2) is 0 Å². The average Bonchev–Trinajstić information content (AvgIpc) is 2.22. The van der Waals surface area contributed by atoms with Crippen molar-refractivity contribution in [2.75, 3.05) is 0 Å². The van der Waals surface area contributed by atoms with Gasteiger partial charge < -0.3 is 0 Å². The summed E-state index contributed by atoms with van der Waals surface area (Å²) in [5.41, 5.74) is 1.21. The molecular formula is C13H15ClO. The van der Waals surface area contributed by atoms with Gasteiger partial charge in [-0.05, 0) is 36.0 Å². The van der Waals surface area contributed by atoms with Crippen molar-refractivity contribution in [1.82, 2.24) is 0 Å². The molecule has 0 saturated heterocycles. The maximum absolute atomic E-state index is 11.4. The summed E-state index contributed by atoms with van der Waals surface area (Å²) >= 11 is 5.96. The lowest BCUT2D eigenvalue weighted by Crippen LogP contribution is -2.21. The van der Waals surface area contributed by atoms with Gasteiger partial charge in [0.15, 0.2) is 0 Å². The summed E-state index contributed by atoms with van der Waals surface area (Å²) in [5.74, 6) is 1.34. The standard InChI is InChI=1S/C13H15ClO/c1-9-5-6-12(15)8-13(9)10-3-2-4-11(14)7-10/h2-4,7,9,13H,5-6,8H2,1H3. The molecule has 1 nitrogen and oxygen atoms in total. The molecule has 1 aromatic carbocycles. The van der Waals surface area contributed by atoms with E-state index in [2.05, 4.69) is 13.0 Å². The van der Waals surface area contributed by atoms with Gasteiger partial charge in [0, 0.05) is 17.9 Å². The zero-order valence-corrected chi connectivity index (χ0v) is 9.63. The van der Waals surface area contributed by atoms with Gasteiger partial charge in [-0.15, -0.1) is 0 Å².